The standard InChI is InChI=1S/C20H25N3O2/c1-3-14-25-20-17(15-16-6-4-5-7-18(16)21-20)8-9-19(24)23-12-10-22(2)11-13-23/h4-9,15H,3,10-14H2,1-2H3. The first-order valence-electron chi connectivity index (χ1n) is 8.85. The Morgan fingerprint density at radius 1 is 1.24 bits per heavy atom. The summed E-state index contributed by atoms with van der Waals surface area (Å²) in [5.74, 6) is 0.630. The molecule has 1 amide bonds. The first-order valence-corrected chi connectivity index (χ1v) is 8.85. The van der Waals surface area contributed by atoms with E-state index in [4.69, 9.17) is 4.74 Å². The van der Waals surface area contributed by atoms with Gasteiger partial charge in [-0.25, -0.2) is 4.98 Å². The maximum atomic E-state index is 12.4. The van der Waals surface area contributed by atoms with Gasteiger partial charge in [0.2, 0.25) is 11.8 Å². The minimum absolute atomic E-state index is 0.0442. The van der Waals surface area contributed by atoms with E-state index in [1.165, 1.54) is 0 Å². The molecule has 1 aliphatic rings. The molecule has 0 atom stereocenters. The molecule has 2 aromatic rings. The van der Waals surface area contributed by atoms with E-state index in [1.807, 2.05) is 41.3 Å². The summed E-state index contributed by atoms with van der Waals surface area (Å²) in [5.41, 5.74) is 1.74. The van der Waals surface area contributed by atoms with E-state index in [-0.39, 0.29) is 5.91 Å². The number of hydrogen-bond acceptors (Lipinski definition) is 4. The molecule has 2 heterocycles. The number of fused-ring (bicyclic) bond motifs is 1. The van der Waals surface area contributed by atoms with Gasteiger partial charge in [0.25, 0.3) is 0 Å². The molecular weight excluding hydrogens is 314 g/mol. The van der Waals surface area contributed by atoms with Gasteiger partial charge in [-0.2, -0.15) is 0 Å². The summed E-state index contributed by atoms with van der Waals surface area (Å²) in [6.45, 7) is 6.06. The molecule has 1 fully saturated rings. The van der Waals surface area contributed by atoms with Crippen molar-refractivity contribution in [1.82, 2.24) is 14.8 Å². The van der Waals surface area contributed by atoms with Crippen LogP contribution in [0.15, 0.2) is 36.4 Å². The Kier molecular flexibility index (Phi) is 5.66. The number of hydrogen-bond donors (Lipinski definition) is 0. The molecule has 3 rings (SSSR count). The van der Waals surface area contributed by atoms with Gasteiger partial charge in [0, 0.05) is 43.2 Å². The lowest BCUT2D eigenvalue weighted by molar-refractivity contribution is -0.127. The summed E-state index contributed by atoms with van der Waals surface area (Å²) in [6, 6.07) is 9.97. The number of rotatable bonds is 5. The van der Waals surface area contributed by atoms with Crippen molar-refractivity contribution in [1.29, 1.82) is 0 Å². The van der Waals surface area contributed by atoms with Gasteiger partial charge in [0.15, 0.2) is 0 Å². The van der Waals surface area contributed by atoms with Crippen LogP contribution in [0.5, 0.6) is 5.88 Å². The molecule has 5 nitrogen and oxygen atoms in total. The molecule has 1 aromatic heterocycles. The van der Waals surface area contributed by atoms with Crippen LogP contribution < -0.4 is 4.74 Å². The lowest BCUT2D eigenvalue weighted by atomic mass is 10.1. The molecule has 1 saturated heterocycles. The SMILES string of the molecule is CCCOc1nc2ccccc2cc1C=CC(=O)N1CCN(C)CC1. The van der Waals surface area contributed by atoms with Crippen molar-refractivity contribution in [2.75, 3.05) is 39.8 Å². The van der Waals surface area contributed by atoms with Gasteiger partial charge in [0.1, 0.15) is 0 Å². The summed E-state index contributed by atoms with van der Waals surface area (Å²) in [7, 11) is 2.08. The van der Waals surface area contributed by atoms with Crippen molar-refractivity contribution >= 4 is 22.9 Å². The summed E-state index contributed by atoms with van der Waals surface area (Å²) >= 11 is 0. The third-order valence-corrected chi connectivity index (χ3v) is 4.38. The zero-order valence-electron chi connectivity index (χ0n) is 14.9. The van der Waals surface area contributed by atoms with Crippen molar-refractivity contribution in [3.05, 3.63) is 42.0 Å². The van der Waals surface area contributed by atoms with Crippen LogP contribution in [0.2, 0.25) is 0 Å². The highest BCUT2D eigenvalue weighted by Gasteiger charge is 2.17. The van der Waals surface area contributed by atoms with Crippen molar-refractivity contribution in [2.45, 2.75) is 13.3 Å². The van der Waals surface area contributed by atoms with Crippen LogP contribution in [0.4, 0.5) is 0 Å². The maximum absolute atomic E-state index is 12.4. The molecule has 1 aromatic carbocycles. The van der Waals surface area contributed by atoms with Crippen LogP contribution in [-0.2, 0) is 4.79 Å². The minimum atomic E-state index is 0.0442. The molecule has 0 spiro atoms. The molecule has 0 unspecified atom stereocenters. The van der Waals surface area contributed by atoms with E-state index in [2.05, 4.69) is 23.9 Å². The fourth-order valence-corrected chi connectivity index (χ4v) is 2.84. The van der Waals surface area contributed by atoms with Gasteiger partial charge in [-0.3, -0.25) is 4.79 Å². The van der Waals surface area contributed by atoms with E-state index in [0.29, 0.717) is 12.5 Å². The highest BCUT2D eigenvalue weighted by molar-refractivity contribution is 5.93. The first kappa shape index (κ1) is 17.4. The molecule has 132 valence electrons. The molecule has 0 bridgehead atoms. The second-order valence-corrected chi connectivity index (χ2v) is 6.39. The Hall–Kier alpha value is -2.40. The van der Waals surface area contributed by atoms with Gasteiger partial charge in [0.05, 0.1) is 12.1 Å². The number of para-hydroxylation sites is 1. The predicted octanol–water partition coefficient (Wildman–Crippen LogP) is 2.81. The third kappa shape index (κ3) is 4.37. The molecule has 1 aliphatic heterocycles. The average molecular weight is 339 g/mol. The van der Waals surface area contributed by atoms with Gasteiger partial charge in [-0.15, -0.1) is 0 Å². The van der Waals surface area contributed by atoms with Crippen LogP contribution in [0.3, 0.4) is 0 Å². The second kappa shape index (κ2) is 8.12. The number of piperazine rings is 1. The van der Waals surface area contributed by atoms with E-state index in [0.717, 1.165) is 49.1 Å². The average Bonchev–Trinajstić information content (AvgIpc) is 2.64. The number of carbonyl (C=O) groups is 1. The number of benzene rings is 1. The maximum Gasteiger partial charge on any atom is 0.246 e. The number of aromatic nitrogens is 1. The number of nitrogens with zero attached hydrogens (tertiary/aromatic N) is 3. The number of amides is 1. The topological polar surface area (TPSA) is 45.7 Å². The number of carbonyl (C=O) groups excluding carboxylic acids is 1. The van der Waals surface area contributed by atoms with E-state index in [1.54, 1.807) is 6.08 Å². The summed E-state index contributed by atoms with van der Waals surface area (Å²) in [6.07, 6.45) is 4.37. The van der Waals surface area contributed by atoms with Crippen molar-refractivity contribution in [3.63, 3.8) is 0 Å². The fraction of sp³-hybridized carbons (Fsp3) is 0.400. The Morgan fingerprint density at radius 3 is 2.76 bits per heavy atom. The Labute approximate surface area is 148 Å². The summed E-state index contributed by atoms with van der Waals surface area (Å²) in [4.78, 5) is 21.2. The van der Waals surface area contributed by atoms with Gasteiger partial charge in [-0.1, -0.05) is 25.1 Å². The van der Waals surface area contributed by atoms with E-state index in [9.17, 15) is 4.79 Å². The molecule has 25 heavy (non-hydrogen) atoms. The quantitative estimate of drug-likeness (QED) is 0.786. The molecule has 0 N–H and O–H groups in total. The predicted molar refractivity (Wildman–Crippen MR) is 101 cm³/mol. The van der Waals surface area contributed by atoms with E-state index >= 15 is 0 Å². The largest absolute Gasteiger partial charge is 0.477 e. The van der Waals surface area contributed by atoms with Crippen molar-refractivity contribution < 1.29 is 9.53 Å². The molecule has 0 saturated carbocycles. The van der Waals surface area contributed by atoms with Crippen LogP contribution in [0, 0.1) is 0 Å². The Bertz CT molecular complexity index is 765. The molecule has 5 heteroatoms. The summed E-state index contributed by atoms with van der Waals surface area (Å²) in [5, 5.41) is 1.04. The van der Waals surface area contributed by atoms with Crippen LogP contribution in [0.25, 0.3) is 17.0 Å². The minimum Gasteiger partial charge on any atom is -0.477 e. The van der Waals surface area contributed by atoms with Crippen molar-refractivity contribution in [3.8, 4) is 5.88 Å². The van der Waals surface area contributed by atoms with Gasteiger partial charge < -0.3 is 14.5 Å². The lowest BCUT2D eigenvalue weighted by Gasteiger charge is -2.31. The normalized spacial score (nSPS) is 15.8. The zero-order chi connectivity index (χ0) is 17.6. The third-order valence-electron chi connectivity index (χ3n) is 4.38. The molecule has 0 aliphatic carbocycles. The molecule has 0 radical (unpaired) electrons. The van der Waals surface area contributed by atoms with Crippen LogP contribution in [0.1, 0.15) is 18.9 Å². The highest BCUT2D eigenvalue weighted by atomic mass is 16.5. The Balaban J connectivity index is 1.81. The molecular formula is C20H25N3O2. The van der Waals surface area contributed by atoms with E-state index < -0.39 is 0 Å². The Morgan fingerprint density at radius 2 is 2.00 bits per heavy atom. The van der Waals surface area contributed by atoms with Crippen molar-refractivity contribution in [2.24, 2.45) is 0 Å². The first-order chi connectivity index (χ1) is 12.2. The number of pyridine rings is 1. The highest BCUT2D eigenvalue weighted by Crippen LogP contribution is 2.24. The summed E-state index contributed by atoms with van der Waals surface area (Å²) < 4.78 is 5.79. The number of ether oxygens (including phenoxy) is 1. The van der Waals surface area contributed by atoms with Crippen LogP contribution >= 0.6 is 0 Å². The fourth-order valence-electron chi connectivity index (χ4n) is 2.84. The number of likely N-dealkylation sites (N-methyl/N-ethyl adjacent to an activating group) is 1. The zero-order valence-corrected chi connectivity index (χ0v) is 14.9. The lowest BCUT2D eigenvalue weighted by Crippen LogP contribution is -2.46. The monoisotopic (exact) mass is 339 g/mol. The second-order valence-electron chi connectivity index (χ2n) is 6.39. The van der Waals surface area contributed by atoms with Gasteiger partial charge in [-0.05, 0) is 31.7 Å². The van der Waals surface area contributed by atoms with Crippen LogP contribution in [-0.4, -0.2) is 60.5 Å². The smallest absolute Gasteiger partial charge is 0.246 e. The van der Waals surface area contributed by atoms with Gasteiger partial charge >= 0.3 is 0 Å².